The van der Waals surface area contributed by atoms with Gasteiger partial charge < -0.3 is 10.3 Å². The van der Waals surface area contributed by atoms with Crippen molar-refractivity contribution in [3.05, 3.63) is 53.5 Å². The minimum absolute atomic E-state index is 0.104. The Morgan fingerprint density at radius 3 is 2.90 bits per heavy atom. The number of anilines is 1. The Kier molecular flexibility index (Phi) is 4.27. The molecule has 0 saturated heterocycles. The second-order valence-corrected chi connectivity index (χ2v) is 4.51. The van der Waals surface area contributed by atoms with E-state index in [1.807, 2.05) is 25.1 Å². The Labute approximate surface area is 117 Å². The molecule has 0 saturated carbocycles. The number of nitrogen functional groups attached to an aromatic ring is 1. The van der Waals surface area contributed by atoms with Crippen molar-refractivity contribution in [3.63, 3.8) is 0 Å². The van der Waals surface area contributed by atoms with E-state index in [1.165, 1.54) is 0 Å². The van der Waals surface area contributed by atoms with E-state index in [2.05, 4.69) is 15.4 Å². The zero-order valence-electron chi connectivity index (χ0n) is 11.5. The van der Waals surface area contributed by atoms with E-state index in [0.717, 1.165) is 11.4 Å². The maximum atomic E-state index is 12.3. The van der Waals surface area contributed by atoms with Crippen LogP contribution >= 0.6 is 0 Å². The summed E-state index contributed by atoms with van der Waals surface area (Å²) >= 11 is 0. The first-order valence-electron chi connectivity index (χ1n) is 6.21. The van der Waals surface area contributed by atoms with Crippen LogP contribution in [-0.4, -0.2) is 27.8 Å². The molecule has 0 radical (unpaired) electrons. The van der Waals surface area contributed by atoms with E-state index < -0.39 is 0 Å². The average Bonchev–Trinajstić information content (AvgIpc) is 2.46. The first kappa shape index (κ1) is 14.0. The fraction of sp³-hybridized carbons (Fsp3) is 0.214. The molecule has 0 spiro atoms. The molecule has 2 aromatic rings. The summed E-state index contributed by atoms with van der Waals surface area (Å²) in [6, 6.07) is 9.02. The molecule has 0 fully saturated rings. The fourth-order valence-corrected chi connectivity index (χ4v) is 1.87. The summed E-state index contributed by atoms with van der Waals surface area (Å²) in [5, 5.41) is 0. The van der Waals surface area contributed by atoms with Crippen LogP contribution in [0.2, 0.25) is 0 Å². The molecule has 2 rings (SSSR count). The van der Waals surface area contributed by atoms with Crippen molar-refractivity contribution >= 4 is 11.7 Å². The van der Waals surface area contributed by atoms with Gasteiger partial charge in [0, 0.05) is 24.5 Å². The molecule has 6 nitrogen and oxygen atoms in total. The van der Waals surface area contributed by atoms with Crippen molar-refractivity contribution in [3.8, 4) is 0 Å². The van der Waals surface area contributed by atoms with Gasteiger partial charge in [-0.05, 0) is 31.2 Å². The largest absolute Gasteiger partial charge is 0.336 e. The molecule has 6 heteroatoms. The number of nitrogens with zero attached hydrogens (tertiary/aromatic N) is 3. The van der Waals surface area contributed by atoms with Crippen LogP contribution in [0.1, 0.15) is 21.7 Å². The monoisotopic (exact) mass is 271 g/mol. The van der Waals surface area contributed by atoms with Gasteiger partial charge in [-0.2, -0.15) is 0 Å². The highest BCUT2D eigenvalue weighted by molar-refractivity contribution is 5.94. The summed E-state index contributed by atoms with van der Waals surface area (Å²) in [6.07, 6.45) is 1.54. The number of aryl methyl sites for hydroxylation is 1. The summed E-state index contributed by atoms with van der Waals surface area (Å²) in [5.41, 5.74) is 4.74. The summed E-state index contributed by atoms with van der Waals surface area (Å²) < 4.78 is 0. The Hall–Kier alpha value is -2.47. The van der Waals surface area contributed by atoms with Gasteiger partial charge in [0.25, 0.3) is 5.91 Å². The van der Waals surface area contributed by atoms with Crippen LogP contribution in [0, 0.1) is 6.92 Å². The first-order chi connectivity index (χ1) is 9.60. The van der Waals surface area contributed by atoms with Gasteiger partial charge in [-0.3, -0.25) is 9.78 Å². The third-order valence-electron chi connectivity index (χ3n) is 2.85. The first-order valence-corrected chi connectivity index (χ1v) is 6.21. The third-order valence-corrected chi connectivity index (χ3v) is 2.85. The van der Waals surface area contributed by atoms with E-state index in [4.69, 9.17) is 5.84 Å². The lowest BCUT2D eigenvalue weighted by molar-refractivity contribution is 0.0783. The number of hydrogen-bond acceptors (Lipinski definition) is 5. The molecule has 0 aliphatic heterocycles. The van der Waals surface area contributed by atoms with Crippen LogP contribution in [0.5, 0.6) is 0 Å². The summed E-state index contributed by atoms with van der Waals surface area (Å²) in [4.78, 5) is 22.3. The molecule has 0 aromatic carbocycles. The highest BCUT2D eigenvalue weighted by Crippen LogP contribution is 2.10. The molecule has 1 amide bonds. The van der Waals surface area contributed by atoms with Crippen molar-refractivity contribution < 1.29 is 4.79 Å². The molecular weight excluding hydrogens is 254 g/mol. The number of aromatic nitrogens is 2. The molecule has 0 aliphatic carbocycles. The molecule has 20 heavy (non-hydrogen) atoms. The van der Waals surface area contributed by atoms with Crippen molar-refractivity contribution in [2.75, 3.05) is 12.5 Å². The number of amides is 1. The lowest BCUT2D eigenvalue weighted by Gasteiger charge is -2.17. The number of pyridine rings is 2. The Morgan fingerprint density at radius 1 is 1.40 bits per heavy atom. The van der Waals surface area contributed by atoms with E-state index in [9.17, 15) is 4.79 Å². The number of carbonyl (C=O) groups is 1. The van der Waals surface area contributed by atoms with Crippen LogP contribution < -0.4 is 11.3 Å². The van der Waals surface area contributed by atoms with Crippen molar-refractivity contribution in [2.24, 2.45) is 5.84 Å². The number of hydrazine groups is 1. The van der Waals surface area contributed by atoms with Gasteiger partial charge in [0.2, 0.25) is 0 Å². The van der Waals surface area contributed by atoms with Crippen molar-refractivity contribution in [2.45, 2.75) is 13.5 Å². The van der Waals surface area contributed by atoms with Gasteiger partial charge in [0.15, 0.2) is 0 Å². The molecule has 0 unspecified atom stereocenters. The van der Waals surface area contributed by atoms with E-state index >= 15 is 0 Å². The lowest BCUT2D eigenvalue weighted by Crippen LogP contribution is -2.27. The third kappa shape index (κ3) is 3.30. The smallest absolute Gasteiger partial charge is 0.254 e. The van der Waals surface area contributed by atoms with Crippen LogP contribution in [0.25, 0.3) is 0 Å². The van der Waals surface area contributed by atoms with Gasteiger partial charge >= 0.3 is 0 Å². The molecule has 3 N–H and O–H groups in total. The minimum Gasteiger partial charge on any atom is -0.336 e. The van der Waals surface area contributed by atoms with Crippen molar-refractivity contribution in [1.29, 1.82) is 0 Å². The molecule has 2 heterocycles. The highest BCUT2D eigenvalue weighted by atomic mass is 16.2. The summed E-state index contributed by atoms with van der Waals surface area (Å²) in [7, 11) is 1.74. The molecular formula is C14H17N5O. The summed E-state index contributed by atoms with van der Waals surface area (Å²) in [5.74, 6) is 5.64. The number of hydrogen-bond donors (Lipinski definition) is 2. The Morgan fingerprint density at radius 2 is 2.20 bits per heavy atom. The van der Waals surface area contributed by atoms with Crippen LogP contribution in [0.4, 0.5) is 5.82 Å². The number of rotatable bonds is 4. The van der Waals surface area contributed by atoms with Crippen LogP contribution in [0.3, 0.4) is 0 Å². The standard InChI is InChI=1S/C14H17N5O/c1-10-4-3-5-12(17-10)9-19(2)14(20)11-6-7-16-13(8-11)18-15/h3-8H,9,15H2,1-2H3,(H,16,18). The van der Waals surface area contributed by atoms with E-state index in [1.54, 1.807) is 30.3 Å². The van der Waals surface area contributed by atoms with Gasteiger partial charge in [0.05, 0.1) is 12.2 Å². The number of nitrogens with one attached hydrogen (secondary N) is 1. The Balaban J connectivity index is 2.12. The topological polar surface area (TPSA) is 84.1 Å². The van der Waals surface area contributed by atoms with Gasteiger partial charge in [-0.1, -0.05) is 6.07 Å². The Bertz CT molecular complexity index is 614. The zero-order valence-corrected chi connectivity index (χ0v) is 11.5. The number of nitrogens with two attached hydrogens (primary N) is 1. The number of carbonyl (C=O) groups excluding carboxylic acids is 1. The lowest BCUT2D eigenvalue weighted by atomic mass is 10.2. The quantitative estimate of drug-likeness (QED) is 0.647. The second kappa shape index (κ2) is 6.12. The van der Waals surface area contributed by atoms with E-state index in [0.29, 0.717) is 17.9 Å². The predicted molar refractivity (Wildman–Crippen MR) is 76.8 cm³/mol. The zero-order chi connectivity index (χ0) is 14.5. The second-order valence-electron chi connectivity index (χ2n) is 4.51. The van der Waals surface area contributed by atoms with Gasteiger partial charge in [-0.25, -0.2) is 10.8 Å². The normalized spacial score (nSPS) is 10.2. The molecule has 0 atom stereocenters. The fourth-order valence-electron chi connectivity index (χ4n) is 1.87. The van der Waals surface area contributed by atoms with Crippen LogP contribution in [-0.2, 0) is 6.54 Å². The molecule has 0 bridgehead atoms. The average molecular weight is 271 g/mol. The maximum Gasteiger partial charge on any atom is 0.254 e. The van der Waals surface area contributed by atoms with E-state index in [-0.39, 0.29) is 5.91 Å². The molecule has 2 aromatic heterocycles. The van der Waals surface area contributed by atoms with Crippen LogP contribution in [0.15, 0.2) is 36.5 Å². The molecule has 0 aliphatic rings. The van der Waals surface area contributed by atoms with Gasteiger partial charge in [0.1, 0.15) is 5.82 Å². The molecule has 104 valence electrons. The highest BCUT2D eigenvalue weighted by Gasteiger charge is 2.13. The minimum atomic E-state index is -0.104. The SMILES string of the molecule is Cc1cccc(CN(C)C(=O)c2ccnc(NN)c2)n1. The predicted octanol–water partition coefficient (Wildman–Crippen LogP) is 1.34. The van der Waals surface area contributed by atoms with Gasteiger partial charge in [-0.15, -0.1) is 0 Å². The summed E-state index contributed by atoms with van der Waals surface area (Å²) in [6.45, 7) is 2.38. The van der Waals surface area contributed by atoms with Crippen molar-refractivity contribution in [1.82, 2.24) is 14.9 Å². The maximum absolute atomic E-state index is 12.3.